The van der Waals surface area contributed by atoms with Gasteiger partial charge in [-0.05, 0) is 123 Å². The normalized spacial score (nSPS) is 35.9. The number of phenols is 2. The standard InChI is InChI=1S/2C21H30O2/c2*1-5-6-7-8-13-11-15(22)17-16(12-13)23-21(4)10-9-14-18(21)19(17)20(14,2)3/h2*11-12,14,18-19,22H,5-10H2,1-4H3/t2*14-,18+,19-,21+/m10/s1. The Morgan fingerprint density at radius 3 is 1.37 bits per heavy atom. The summed E-state index contributed by atoms with van der Waals surface area (Å²) in [4.78, 5) is 0. The number of aromatic hydroxyl groups is 2. The first kappa shape index (κ1) is 32.2. The van der Waals surface area contributed by atoms with E-state index in [1.807, 2.05) is 12.1 Å². The van der Waals surface area contributed by atoms with E-state index in [1.165, 1.54) is 62.5 Å². The predicted molar refractivity (Wildman–Crippen MR) is 186 cm³/mol. The number of ether oxygens (including phenoxy) is 2. The van der Waals surface area contributed by atoms with Crippen molar-refractivity contribution in [3.05, 3.63) is 46.5 Å². The summed E-state index contributed by atoms with van der Waals surface area (Å²) >= 11 is 0. The van der Waals surface area contributed by atoms with Crippen LogP contribution < -0.4 is 9.47 Å². The summed E-state index contributed by atoms with van der Waals surface area (Å²) < 4.78 is 13.0. The Morgan fingerprint density at radius 2 is 1.00 bits per heavy atom. The maximum absolute atomic E-state index is 10.7. The maximum Gasteiger partial charge on any atom is 0.127 e. The highest BCUT2D eigenvalue weighted by Gasteiger charge is 2.70. The third-order valence-electron chi connectivity index (χ3n) is 14.2. The highest BCUT2D eigenvalue weighted by molar-refractivity contribution is 5.56. The molecule has 4 fully saturated rings. The lowest BCUT2D eigenvalue weighted by Gasteiger charge is -2.62. The second-order valence-corrected chi connectivity index (χ2v) is 17.7. The largest absolute Gasteiger partial charge is 0.508 e. The van der Waals surface area contributed by atoms with E-state index in [0.717, 1.165) is 60.1 Å². The molecular formula is C42H60O4. The van der Waals surface area contributed by atoms with Crippen LogP contribution in [-0.2, 0) is 12.8 Å². The van der Waals surface area contributed by atoms with Crippen LogP contribution in [0.2, 0.25) is 0 Å². The molecule has 4 saturated carbocycles. The lowest BCUT2D eigenvalue weighted by atomic mass is 9.45. The van der Waals surface area contributed by atoms with Crippen LogP contribution in [0.25, 0.3) is 0 Å². The summed E-state index contributed by atoms with van der Waals surface area (Å²) in [5, 5.41) is 21.5. The van der Waals surface area contributed by atoms with Gasteiger partial charge in [0.05, 0.1) is 0 Å². The van der Waals surface area contributed by atoms with Crippen LogP contribution in [0.4, 0.5) is 0 Å². The molecule has 0 aromatic heterocycles. The van der Waals surface area contributed by atoms with Gasteiger partial charge in [0.2, 0.25) is 0 Å². The summed E-state index contributed by atoms with van der Waals surface area (Å²) in [5.41, 5.74) is 5.15. The molecule has 0 bridgehead atoms. The molecule has 2 aromatic rings. The molecule has 46 heavy (non-hydrogen) atoms. The molecule has 2 heterocycles. The lowest BCUT2D eigenvalue weighted by Crippen LogP contribution is -2.59. The minimum absolute atomic E-state index is 0.0215. The number of benzene rings is 2. The zero-order valence-electron chi connectivity index (χ0n) is 30.0. The van der Waals surface area contributed by atoms with E-state index in [1.54, 1.807) is 0 Å². The van der Waals surface area contributed by atoms with Crippen molar-refractivity contribution in [3.8, 4) is 23.0 Å². The first-order valence-corrected chi connectivity index (χ1v) is 18.9. The summed E-state index contributed by atoms with van der Waals surface area (Å²) in [6.45, 7) is 18.6. The second kappa shape index (κ2) is 11.1. The molecule has 6 aliphatic rings. The Bertz CT molecular complexity index is 1380. The smallest absolute Gasteiger partial charge is 0.127 e. The summed E-state index contributed by atoms with van der Waals surface area (Å²) in [5.74, 6) is 6.44. The van der Waals surface area contributed by atoms with E-state index in [-0.39, 0.29) is 22.0 Å². The van der Waals surface area contributed by atoms with Crippen LogP contribution in [0.15, 0.2) is 24.3 Å². The van der Waals surface area contributed by atoms with Gasteiger partial charge in [0.25, 0.3) is 0 Å². The molecule has 0 radical (unpaired) electrons. The summed E-state index contributed by atoms with van der Waals surface area (Å²) in [6.07, 6.45) is 14.2. The third kappa shape index (κ3) is 4.65. The van der Waals surface area contributed by atoms with Crippen molar-refractivity contribution in [3.63, 3.8) is 0 Å². The predicted octanol–water partition coefficient (Wildman–Crippen LogP) is 10.9. The van der Waals surface area contributed by atoms with Gasteiger partial charge in [-0.3, -0.25) is 0 Å². The van der Waals surface area contributed by atoms with Crippen molar-refractivity contribution in [2.45, 2.75) is 155 Å². The van der Waals surface area contributed by atoms with Crippen LogP contribution >= 0.6 is 0 Å². The topological polar surface area (TPSA) is 58.9 Å². The van der Waals surface area contributed by atoms with Crippen molar-refractivity contribution in [1.29, 1.82) is 0 Å². The number of hydrogen-bond donors (Lipinski definition) is 2. The first-order valence-electron chi connectivity index (χ1n) is 18.9. The fourth-order valence-corrected chi connectivity index (χ4v) is 11.8. The third-order valence-corrected chi connectivity index (χ3v) is 14.2. The van der Waals surface area contributed by atoms with Crippen molar-refractivity contribution in [1.82, 2.24) is 0 Å². The quantitative estimate of drug-likeness (QED) is 0.286. The van der Waals surface area contributed by atoms with Gasteiger partial charge in [-0.1, -0.05) is 67.2 Å². The van der Waals surface area contributed by atoms with Crippen molar-refractivity contribution in [2.24, 2.45) is 34.5 Å². The summed E-state index contributed by atoms with van der Waals surface area (Å²) in [7, 11) is 0. The van der Waals surface area contributed by atoms with Gasteiger partial charge in [-0.15, -0.1) is 0 Å². The fourth-order valence-electron chi connectivity index (χ4n) is 11.8. The molecule has 8 atom stereocenters. The molecule has 0 unspecified atom stereocenters. The molecule has 4 aliphatic carbocycles. The summed E-state index contributed by atoms with van der Waals surface area (Å²) in [6, 6.07) is 8.43. The Balaban J connectivity index is 0.000000147. The van der Waals surface area contributed by atoms with Crippen molar-refractivity contribution >= 4 is 0 Å². The van der Waals surface area contributed by atoms with Crippen LogP contribution in [0.5, 0.6) is 23.0 Å². The second-order valence-electron chi connectivity index (χ2n) is 17.7. The van der Waals surface area contributed by atoms with E-state index >= 15 is 0 Å². The van der Waals surface area contributed by atoms with Gasteiger partial charge in [-0.2, -0.15) is 0 Å². The number of aryl methyl sites for hydroxylation is 2. The number of unbranched alkanes of at least 4 members (excludes halogenated alkanes) is 4. The number of phenolic OH excluding ortho intramolecular Hbond substituents is 2. The van der Waals surface area contributed by atoms with Crippen LogP contribution in [0, 0.1) is 34.5 Å². The van der Waals surface area contributed by atoms with Crippen LogP contribution in [0.1, 0.15) is 154 Å². The van der Waals surface area contributed by atoms with Gasteiger partial charge in [-0.25, -0.2) is 0 Å². The fraction of sp³-hybridized carbons (Fsp3) is 0.714. The van der Waals surface area contributed by atoms with Gasteiger partial charge in [0.15, 0.2) is 0 Å². The minimum atomic E-state index is -0.0215. The Morgan fingerprint density at radius 1 is 0.609 bits per heavy atom. The van der Waals surface area contributed by atoms with Gasteiger partial charge < -0.3 is 19.7 Å². The molecule has 4 nitrogen and oxygen atoms in total. The zero-order valence-corrected chi connectivity index (χ0v) is 30.0. The number of hydrogen-bond acceptors (Lipinski definition) is 4. The Hall–Kier alpha value is -2.36. The van der Waals surface area contributed by atoms with Gasteiger partial charge in [0, 0.05) is 34.8 Å². The van der Waals surface area contributed by atoms with E-state index in [4.69, 9.17) is 9.47 Å². The maximum atomic E-state index is 10.7. The molecule has 2 aromatic carbocycles. The van der Waals surface area contributed by atoms with Crippen LogP contribution in [0.3, 0.4) is 0 Å². The van der Waals surface area contributed by atoms with Gasteiger partial charge >= 0.3 is 0 Å². The average Bonchev–Trinajstić information content (AvgIpc) is 3.51. The van der Waals surface area contributed by atoms with Crippen LogP contribution in [-0.4, -0.2) is 21.4 Å². The monoisotopic (exact) mass is 628 g/mol. The number of rotatable bonds is 8. The molecular weight excluding hydrogens is 568 g/mol. The zero-order chi connectivity index (χ0) is 32.8. The lowest BCUT2D eigenvalue weighted by molar-refractivity contribution is -0.121. The Labute approximate surface area is 278 Å². The molecule has 252 valence electrons. The average molecular weight is 629 g/mol. The van der Waals surface area contributed by atoms with E-state index < -0.39 is 0 Å². The molecule has 2 aliphatic heterocycles. The Kier molecular flexibility index (Phi) is 7.76. The molecule has 8 rings (SSSR count). The van der Waals surface area contributed by atoms with Gasteiger partial charge in [0.1, 0.15) is 34.2 Å². The molecule has 0 amide bonds. The van der Waals surface area contributed by atoms with Crippen molar-refractivity contribution < 1.29 is 19.7 Å². The molecule has 0 spiro atoms. The highest BCUT2D eigenvalue weighted by atomic mass is 16.5. The van der Waals surface area contributed by atoms with Crippen molar-refractivity contribution in [2.75, 3.05) is 0 Å². The van der Waals surface area contributed by atoms with E-state index in [2.05, 4.69) is 67.5 Å². The molecule has 4 heteroatoms. The SMILES string of the molecule is CCCCCc1cc(O)c2c(c1)O[C@@]1(C)CC[C@@H]3[C@H]1[C@@H]2C3(C)C.CCCCCc1cc(O)c2c(c1)O[C@]1(C)CC[C@H]3[C@@H]1[C@H]2C3(C)C. The molecule has 2 N–H and O–H groups in total. The first-order chi connectivity index (χ1) is 21.8. The highest BCUT2D eigenvalue weighted by Crippen LogP contribution is 2.75. The molecule has 0 saturated heterocycles. The number of fused-ring (bicyclic) bond motifs is 4. The minimum Gasteiger partial charge on any atom is -0.508 e. The van der Waals surface area contributed by atoms with E-state index in [9.17, 15) is 10.2 Å². The van der Waals surface area contributed by atoms with E-state index in [0.29, 0.717) is 35.2 Å².